The number of carbonyl (C=O) groups is 1. The minimum atomic E-state index is -0.291. The van der Waals surface area contributed by atoms with Crippen molar-refractivity contribution in [1.29, 1.82) is 0 Å². The first-order valence-corrected chi connectivity index (χ1v) is 21.7. The second-order valence-corrected chi connectivity index (χ2v) is 23.9. The summed E-state index contributed by atoms with van der Waals surface area (Å²) in [6.07, 6.45) is 6.53. The zero-order valence-corrected chi connectivity index (χ0v) is 37.9. The summed E-state index contributed by atoms with van der Waals surface area (Å²) >= 11 is 4.17. The number of rotatable bonds is 17. The van der Waals surface area contributed by atoms with E-state index in [-0.39, 0.29) is 44.2 Å². The molecule has 0 heterocycles. The van der Waals surface area contributed by atoms with E-state index in [2.05, 4.69) is 166 Å². The molecule has 51 heavy (non-hydrogen) atoms. The number of esters is 1. The minimum Gasteiger partial charge on any atom is -0.462 e. The average molecular weight is 739 g/mol. The molecular formula is C47H78O2S2. The Balaban J connectivity index is 2.36. The Morgan fingerprint density at radius 1 is 0.824 bits per heavy atom. The third-order valence-electron chi connectivity index (χ3n) is 10.6. The van der Waals surface area contributed by atoms with Gasteiger partial charge in [0.25, 0.3) is 0 Å². The molecule has 4 heteroatoms. The molecule has 0 N–H and O–H groups in total. The molecule has 0 radical (unpaired) electrons. The summed E-state index contributed by atoms with van der Waals surface area (Å²) in [4.78, 5) is 15.0. The maximum atomic E-state index is 13.6. The topological polar surface area (TPSA) is 26.3 Å². The Bertz CT molecular complexity index is 1370. The molecule has 0 amide bonds. The Hall–Kier alpha value is -1.39. The summed E-state index contributed by atoms with van der Waals surface area (Å²) in [5.74, 6) is 1.10. The Kier molecular flexibility index (Phi) is 16.8. The van der Waals surface area contributed by atoms with Gasteiger partial charge in [-0.25, -0.2) is 0 Å². The molecule has 2 rings (SSSR count). The number of carbonyl (C=O) groups excluding carboxylic acids is 1. The van der Waals surface area contributed by atoms with E-state index in [4.69, 9.17) is 4.74 Å². The van der Waals surface area contributed by atoms with E-state index in [1.54, 1.807) is 0 Å². The van der Waals surface area contributed by atoms with Crippen molar-refractivity contribution in [3.8, 4) is 0 Å². The van der Waals surface area contributed by atoms with E-state index >= 15 is 0 Å². The van der Waals surface area contributed by atoms with Crippen LogP contribution in [0.4, 0.5) is 0 Å². The molecule has 2 aromatic rings. The van der Waals surface area contributed by atoms with Gasteiger partial charge in [-0.1, -0.05) is 121 Å². The smallest absolute Gasteiger partial charge is 0.313 e. The standard InChI is InChI=1S/C47H78O2S2/c1-19-32(4)27-38-28-40(30-41(33(38)5)45(11,12)13)51-47(17,18)50-39(24-25-44(8,9)10)29-42(46(14,15)16)35(7)49-43(48)34(6)37-22-20-36(21-23-37)26-31(2)3/h20-23,28,30-32,34-35,39,42H,19,24-27,29H2,1-18H3. The molecule has 2 nitrogen and oxygen atoms in total. The maximum Gasteiger partial charge on any atom is 0.313 e. The number of hydrogen-bond donors (Lipinski definition) is 0. The van der Waals surface area contributed by atoms with Crippen molar-refractivity contribution in [2.75, 3.05) is 0 Å². The highest BCUT2D eigenvalue weighted by atomic mass is 32.2. The molecular weight excluding hydrogens is 661 g/mol. The quantitative estimate of drug-likeness (QED) is 0.0917. The summed E-state index contributed by atoms with van der Waals surface area (Å²) < 4.78 is 6.35. The van der Waals surface area contributed by atoms with Crippen molar-refractivity contribution < 1.29 is 9.53 Å². The fourth-order valence-electron chi connectivity index (χ4n) is 7.29. The summed E-state index contributed by atoms with van der Waals surface area (Å²) in [6, 6.07) is 13.5. The summed E-state index contributed by atoms with van der Waals surface area (Å²) in [7, 11) is 0. The third kappa shape index (κ3) is 15.5. The van der Waals surface area contributed by atoms with Crippen LogP contribution in [-0.2, 0) is 27.8 Å². The lowest BCUT2D eigenvalue weighted by Gasteiger charge is -2.40. The van der Waals surface area contributed by atoms with Crippen LogP contribution in [0.25, 0.3) is 0 Å². The van der Waals surface area contributed by atoms with Gasteiger partial charge in [0.15, 0.2) is 0 Å². The highest BCUT2D eigenvalue weighted by Gasteiger charge is 2.37. The molecule has 290 valence electrons. The maximum absolute atomic E-state index is 13.6. The zero-order chi connectivity index (χ0) is 39.1. The Labute approximate surface area is 325 Å². The molecule has 0 spiro atoms. The van der Waals surface area contributed by atoms with Crippen molar-refractivity contribution in [3.63, 3.8) is 0 Å². The lowest BCUT2D eigenvalue weighted by atomic mass is 9.74. The largest absolute Gasteiger partial charge is 0.462 e. The number of hydrogen-bond acceptors (Lipinski definition) is 4. The number of ether oxygens (including phenoxy) is 1. The molecule has 0 aliphatic rings. The van der Waals surface area contributed by atoms with Gasteiger partial charge >= 0.3 is 5.97 Å². The van der Waals surface area contributed by atoms with Gasteiger partial charge in [-0.05, 0) is 135 Å². The van der Waals surface area contributed by atoms with Crippen LogP contribution in [0.15, 0.2) is 41.3 Å². The SMILES string of the molecule is CCC(C)Cc1cc(SC(C)(C)SC(CCC(C)(C)C)CC(C(C)OC(=O)C(C)c2ccc(CC(C)C)cc2)C(C)(C)C)cc(C(C)(C)C)c1C. The average Bonchev–Trinajstić information content (AvgIpc) is 2.97. The first-order chi connectivity index (χ1) is 23.2. The van der Waals surface area contributed by atoms with Crippen molar-refractivity contribution >= 4 is 29.5 Å². The minimum absolute atomic E-state index is 0.0112. The lowest BCUT2D eigenvalue weighted by molar-refractivity contribution is -0.154. The van der Waals surface area contributed by atoms with Crippen LogP contribution in [0.3, 0.4) is 0 Å². The Morgan fingerprint density at radius 3 is 1.90 bits per heavy atom. The molecule has 0 saturated heterocycles. The van der Waals surface area contributed by atoms with Gasteiger partial charge < -0.3 is 4.74 Å². The Morgan fingerprint density at radius 2 is 1.41 bits per heavy atom. The first-order valence-electron chi connectivity index (χ1n) is 20.0. The molecule has 0 aliphatic heterocycles. The zero-order valence-electron chi connectivity index (χ0n) is 36.3. The van der Waals surface area contributed by atoms with E-state index in [1.807, 2.05) is 18.7 Å². The van der Waals surface area contributed by atoms with Crippen LogP contribution in [0.1, 0.15) is 177 Å². The second kappa shape index (κ2) is 18.8. The van der Waals surface area contributed by atoms with Crippen molar-refractivity contribution in [2.45, 2.75) is 195 Å². The fourth-order valence-corrected chi connectivity index (χ4v) is 10.5. The van der Waals surface area contributed by atoms with Crippen LogP contribution in [-0.4, -0.2) is 21.4 Å². The molecule has 5 unspecified atom stereocenters. The van der Waals surface area contributed by atoms with Crippen molar-refractivity contribution in [1.82, 2.24) is 0 Å². The summed E-state index contributed by atoms with van der Waals surface area (Å²) in [5, 5.41) is 0.440. The highest BCUT2D eigenvalue weighted by molar-refractivity contribution is 8.18. The molecule has 5 atom stereocenters. The lowest BCUT2D eigenvalue weighted by Crippen LogP contribution is -2.37. The molecule has 0 aromatic heterocycles. The summed E-state index contributed by atoms with van der Waals surface area (Å²) in [6.45, 7) is 41.6. The molecule has 0 saturated carbocycles. The van der Waals surface area contributed by atoms with Gasteiger partial charge in [-0.2, -0.15) is 0 Å². The van der Waals surface area contributed by atoms with Gasteiger partial charge in [-0.15, -0.1) is 23.5 Å². The summed E-state index contributed by atoms with van der Waals surface area (Å²) in [5.41, 5.74) is 7.14. The van der Waals surface area contributed by atoms with Crippen LogP contribution in [0, 0.1) is 35.5 Å². The van der Waals surface area contributed by atoms with Crippen molar-refractivity contribution in [2.24, 2.45) is 28.6 Å². The van der Waals surface area contributed by atoms with Crippen LogP contribution >= 0.6 is 23.5 Å². The molecule has 0 fully saturated rings. The van der Waals surface area contributed by atoms with E-state index in [1.165, 1.54) is 33.6 Å². The van der Waals surface area contributed by atoms with Gasteiger partial charge in [0.05, 0.1) is 10.00 Å². The van der Waals surface area contributed by atoms with Crippen LogP contribution in [0.5, 0.6) is 0 Å². The van der Waals surface area contributed by atoms with E-state index in [0.717, 1.165) is 37.7 Å². The highest BCUT2D eigenvalue weighted by Crippen LogP contribution is 2.49. The molecule has 2 aromatic carbocycles. The second-order valence-electron chi connectivity index (χ2n) is 20.0. The number of thioether (sulfide) groups is 2. The monoisotopic (exact) mass is 739 g/mol. The first kappa shape index (κ1) is 45.8. The third-order valence-corrected chi connectivity index (χ3v) is 13.4. The predicted molar refractivity (Wildman–Crippen MR) is 230 cm³/mol. The van der Waals surface area contributed by atoms with Crippen LogP contribution < -0.4 is 0 Å². The van der Waals surface area contributed by atoms with Crippen molar-refractivity contribution in [3.05, 3.63) is 64.2 Å². The number of benzene rings is 2. The van der Waals surface area contributed by atoms with E-state index < -0.39 is 0 Å². The van der Waals surface area contributed by atoms with Gasteiger partial charge in [0, 0.05) is 16.1 Å². The fraction of sp³-hybridized carbons (Fsp3) is 0.723. The molecule has 0 aliphatic carbocycles. The van der Waals surface area contributed by atoms with Crippen LogP contribution in [0.2, 0.25) is 0 Å². The van der Waals surface area contributed by atoms with Gasteiger partial charge in [0.1, 0.15) is 6.10 Å². The predicted octanol–water partition coefficient (Wildman–Crippen LogP) is 14.6. The normalized spacial score (nSPS) is 16.1. The molecule has 0 bridgehead atoms. The van der Waals surface area contributed by atoms with Gasteiger partial charge in [-0.3, -0.25) is 4.79 Å². The van der Waals surface area contributed by atoms with E-state index in [9.17, 15) is 4.79 Å². The van der Waals surface area contributed by atoms with Gasteiger partial charge in [0.2, 0.25) is 0 Å². The van der Waals surface area contributed by atoms with E-state index in [0.29, 0.717) is 17.1 Å².